The first-order valence-electron chi connectivity index (χ1n) is 9.69. The predicted octanol–water partition coefficient (Wildman–Crippen LogP) is 2.54. The summed E-state index contributed by atoms with van der Waals surface area (Å²) in [6.45, 7) is 3.53. The van der Waals surface area contributed by atoms with Gasteiger partial charge >= 0.3 is 0 Å². The zero-order valence-electron chi connectivity index (χ0n) is 16.2. The largest absolute Gasteiger partial charge is 0.399 e. The number of benzene rings is 1. The zero-order valence-corrected chi connectivity index (χ0v) is 16.2. The Balaban J connectivity index is 1.57. The van der Waals surface area contributed by atoms with E-state index < -0.39 is 0 Å². The number of aromatic nitrogens is 4. The number of imidazole rings is 1. The van der Waals surface area contributed by atoms with E-state index in [0.717, 1.165) is 50.1 Å². The average molecular weight is 381 g/mol. The second-order valence-corrected chi connectivity index (χ2v) is 6.80. The molecule has 2 heterocycles. The zero-order chi connectivity index (χ0) is 19.9. The predicted molar refractivity (Wildman–Crippen MR) is 111 cm³/mol. The Labute approximate surface area is 164 Å². The van der Waals surface area contributed by atoms with E-state index in [4.69, 9.17) is 11.5 Å². The molecule has 28 heavy (non-hydrogen) atoms. The van der Waals surface area contributed by atoms with E-state index in [9.17, 15) is 4.79 Å². The number of rotatable bonds is 9. The maximum absolute atomic E-state index is 12.2. The Morgan fingerprint density at radius 2 is 2.04 bits per heavy atom. The molecule has 0 saturated carbocycles. The molecule has 0 aliphatic heterocycles. The minimum atomic E-state index is -0.107. The van der Waals surface area contributed by atoms with Crippen LogP contribution in [-0.4, -0.2) is 32.0 Å². The molecule has 0 aliphatic carbocycles. The van der Waals surface area contributed by atoms with Crippen LogP contribution in [0.4, 0.5) is 11.5 Å². The first kappa shape index (κ1) is 19.6. The van der Waals surface area contributed by atoms with Gasteiger partial charge in [-0.1, -0.05) is 19.4 Å². The molecule has 3 rings (SSSR count). The molecule has 0 aliphatic rings. The van der Waals surface area contributed by atoms with Gasteiger partial charge in [0.1, 0.15) is 12.2 Å². The average Bonchev–Trinajstić information content (AvgIpc) is 3.05. The molecule has 3 aromatic rings. The summed E-state index contributed by atoms with van der Waals surface area (Å²) >= 11 is 0. The third-order valence-corrected chi connectivity index (χ3v) is 4.64. The second kappa shape index (κ2) is 9.16. The van der Waals surface area contributed by atoms with Gasteiger partial charge in [-0.3, -0.25) is 4.79 Å². The van der Waals surface area contributed by atoms with Gasteiger partial charge in [0.05, 0.1) is 0 Å². The summed E-state index contributed by atoms with van der Waals surface area (Å²) in [5, 5.41) is 2.94. The van der Waals surface area contributed by atoms with Crippen molar-refractivity contribution in [2.24, 2.45) is 0 Å². The van der Waals surface area contributed by atoms with Crippen molar-refractivity contribution in [3.63, 3.8) is 0 Å². The quantitative estimate of drug-likeness (QED) is 0.386. The van der Waals surface area contributed by atoms with Crippen LogP contribution in [0.3, 0.4) is 0 Å². The van der Waals surface area contributed by atoms with Crippen LogP contribution in [0.2, 0.25) is 0 Å². The van der Waals surface area contributed by atoms with Gasteiger partial charge in [-0.15, -0.1) is 0 Å². The molecule has 8 heteroatoms. The number of fused-ring (bicyclic) bond motifs is 1. The lowest BCUT2D eigenvalue weighted by Crippen LogP contribution is -2.24. The van der Waals surface area contributed by atoms with Gasteiger partial charge in [-0.2, -0.15) is 0 Å². The molecule has 1 aromatic carbocycles. The SMILES string of the molecule is CCCCc1nc2c(N)ncnc2n1CCCCNC(=O)c1cccc(N)c1. The van der Waals surface area contributed by atoms with E-state index >= 15 is 0 Å². The molecule has 1 amide bonds. The summed E-state index contributed by atoms with van der Waals surface area (Å²) in [5.41, 5.74) is 14.3. The van der Waals surface area contributed by atoms with Crippen molar-refractivity contribution in [1.29, 1.82) is 0 Å². The minimum absolute atomic E-state index is 0.107. The van der Waals surface area contributed by atoms with Gasteiger partial charge in [-0.05, 0) is 37.5 Å². The Hall–Kier alpha value is -3.16. The summed E-state index contributed by atoms with van der Waals surface area (Å²) in [5.74, 6) is 1.30. The Morgan fingerprint density at radius 1 is 1.18 bits per heavy atom. The Kier molecular flexibility index (Phi) is 6.41. The number of anilines is 2. The number of carbonyl (C=O) groups excluding carboxylic acids is 1. The molecule has 5 N–H and O–H groups in total. The number of nitrogens with zero attached hydrogens (tertiary/aromatic N) is 4. The van der Waals surface area contributed by atoms with Gasteiger partial charge in [-0.25, -0.2) is 15.0 Å². The van der Waals surface area contributed by atoms with E-state index in [2.05, 4.69) is 31.8 Å². The number of nitrogens with one attached hydrogen (secondary N) is 1. The highest BCUT2D eigenvalue weighted by molar-refractivity contribution is 5.94. The van der Waals surface area contributed by atoms with Gasteiger partial charge in [0.15, 0.2) is 17.0 Å². The number of nitrogens with two attached hydrogens (primary N) is 2. The van der Waals surface area contributed by atoms with Crippen molar-refractivity contribution in [2.75, 3.05) is 18.0 Å². The fraction of sp³-hybridized carbons (Fsp3) is 0.400. The molecule has 0 radical (unpaired) electrons. The molecule has 0 bridgehead atoms. The maximum atomic E-state index is 12.2. The fourth-order valence-corrected chi connectivity index (χ4v) is 3.14. The topological polar surface area (TPSA) is 125 Å². The number of unbranched alkanes of at least 4 members (excludes halogenated alkanes) is 2. The number of hydrogen-bond acceptors (Lipinski definition) is 6. The van der Waals surface area contributed by atoms with Crippen LogP contribution in [0, 0.1) is 0 Å². The number of amides is 1. The third-order valence-electron chi connectivity index (χ3n) is 4.64. The monoisotopic (exact) mass is 381 g/mol. The molecule has 0 saturated heterocycles. The molecule has 2 aromatic heterocycles. The third kappa shape index (κ3) is 4.57. The molecule has 8 nitrogen and oxygen atoms in total. The van der Waals surface area contributed by atoms with Gasteiger partial charge in [0.2, 0.25) is 0 Å². The molecular formula is C20H27N7O. The molecular weight excluding hydrogens is 354 g/mol. The molecule has 148 valence electrons. The van der Waals surface area contributed by atoms with E-state index in [1.165, 1.54) is 6.33 Å². The fourth-order valence-electron chi connectivity index (χ4n) is 3.14. The number of nitrogen functional groups attached to an aromatic ring is 2. The Bertz CT molecular complexity index is 951. The van der Waals surface area contributed by atoms with Gasteiger partial charge in [0, 0.05) is 30.8 Å². The van der Waals surface area contributed by atoms with Crippen molar-refractivity contribution in [2.45, 2.75) is 45.6 Å². The molecule has 0 atom stereocenters. The van der Waals surface area contributed by atoms with E-state index in [-0.39, 0.29) is 5.91 Å². The Morgan fingerprint density at radius 3 is 2.82 bits per heavy atom. The van der Waals surface area contributed by atoms with Gasteiger partial charge < -0.3 is 21.4 Å². The van der Waals surface area contributed by atoms with Gasteiger partial charge in [0.25, 0.3) is 5.91 Å². The summed E-state index contributed by atoms with van der Waals surface area (Å²) in [4.78, 5) is 25.2. The lowest BCUT2D eigenvalue weighted by Gasteiger charge is -2.09. The first-order valence-corrected chi connectivity index (χ1v) is 9.69. The normalized spacial score (nSPS) is 11.0. The maximum Gasteiger partial charge on any atom is 0.251 e. The summed E-state index contributed by atoms with van der Waals surface area (Å²) in [7, 11) is 0. The van der Waals surface area contributed by atoms with Crippen LogP contribution >= 0.6 is 0 Å². The molecule has 0 spiro atoms. The van der Waals surface area contributed by atoms with Crippen LogP contribution in [0.15, 0.2) is 30.6 Å². The molecule has 0 fully saturated rings. The smallest absolute Gasteiger partial charge is 0.251 e. The summed E-state index contributed by atoms with van der Waals surface area (Å²) in [6.07, 6.45) is 6.27. The van der Waals surface area contributed by atoms with Crippen molar-refractivity contribution < 1.29 is 4.79 Å². The summed E-state index contributed by atoms with van der Waals surface area (Å²) in [6, 6.07) is 6.98. The number of carbonyl (C=O) groups is 1. The highest BCUT2D eigenvalue weighted by atomic mass is 16.1. The lowest BCUT2D eigenvalue weighted by molar-refractivity contribution is 0.0953. The lowest BCUT2D eigenvalue weighted by atomic mass is 10.2. The van der Waals surface area contributed by atoms with Crippen molar-refractivity contribution in [3.8, 4) is 0 Å². The number of hydrogen-bond donors (Lipinski definition) is 3. The highest BCUT2D eigenvalue weighted by Crippen LogP contribution is 2.20. The summed E-state index contributed by atoms with van der Waals surface area (Å²) < 4.78 is 2.13. The van der Waals surface area contributed by atoms with Crippen LogP contribution in [-0.2, 0) is 13.0 Å². The van der Waals surface area contributed by atoms with E-state index in [1.54, 1.807) is 24.3 Å². The highest BCUT2D eigenvalue weighted by Gasteiger charge is 2.14. The van der Waals surface area contributed by atoms with Crippen LogP contribution < -0.4 is 16.8 Å². The standard InChI is InChI=1S/C20H27N7O/c1-2-3-9-16-26-17-18(22)24-13-25-19(17)27(16)11-5-4-10-23-20(28)14-7-6-8-15(21)12-14/h6-8,12-13H,2-5,9-11,21H2,1H3,(H,23,28)(H2,22,24,25). The van der Waals surface area contributed by atoms with Crippen molar-refractivity contribution in [1.82, 2.24) is 24.8 Å². The van der Waals surface area contributed by atoms with Crippen LogP contribution in [0.1, 0.15) is 48.8 Å². The van der Waals surface area contributed by atoms with E-state index in [0.29, 0.717) is 29.1 Å². The van der Waals surface area contributed by atoms with Crippen molar-refractivity contribution in [3.05, 3.63) is 42.0 Å². The number of aryl methyl sites for hydroxylation is 2. The second-order valence-electron chi connectivity index (χ2n) is 6.80. The van der Waals surface area contributed by atoms with E-state index in [1.807, 2.05) is 0 Å². The first-order chi connectivity index (χ1) is 13.6. The van der Waals surface area contributed by atoms with Crippen LogP contribution in [0.25, 0.3) is 11.2 Å². The van der Waals surface area contributed by atoms with Crippen molar-refractivity contribution >= 4 is 28.6 Å². The van der Waals surface area contributed by atoms with Crippen LogP contribution in [0.5, 0.6) is 0 Å². The molecule has 0 unspecified atom stereocenters. The minimum Gasteiger partial charge on any atom is -0.399 e.